The van der Waals surface area contributed by atoms with Gasteiger partial charge in [-0.25, -0.2) is 12.1 Å². The van der Waals surface area contributed by atoms with Crippen LogP contribution in [0.5, 0.6) is 0 Å². The second kappa shape index (κ2) is 23.0. The van der Waals surface area contributed by atoms with E-state index >= 15 is 0 Å². The summed E-state index contributed by atoms with van der Waals surface area (Å²) in [5.41, 5.74) is 5.81. The topological polar surface area (TPSA) is 0 Å². The fourth-order valence-electron chi connectivity index (χ4n) is 6.12. The van der Waals surface area contributed by atoms with E-state index in [-0.39, 0.29) is 0 Å². The molecular formula is C53H45P2Ru. The third-order valence-corrected chi connectivity index (χ3v) is 14.0. The summed E-state index contributed by atoms with van der Waals surface area (Å²) in [7, 11) is -0.892. The minimum absolute atomic E-state index is 0.446. The number of allylic oxidation sites excluding steroid dienone is 1. The van der Waals surface area contributed by atoms with Crippen molar-refractivity contribution in [2.45, 2.75) is 12.8 Å². The molecule has 3 heteroatoms. The van der Waals surface area contributed by atoms with E-state index in [2.05, 4.69) is 234 Å². The van der Waals surface area contributed by atoms with Gasteiger partial charge in [0.2, 0.25) is 0 Å². The molecule has 8 aromatic carbocycles. The molecule has 0 bridgehead atoms. The molecule has 0 nitrogen and oxygen atoms in total. The van der Waals surface area contributed by atoms with Crippen molar-refractivity contribution in [3.63, 3.8) is 0 Å². The molecule has 0 atom stereocenters. The van der Waals surface area contributed by atoms with Crippen molar-refractivity contribution in [3.8, 4) is 0 Å². The Labute approximate surface area is 346 Å². The first-order chi connectivity index (χ1) is 27.8. The van der Waals surface area contributed by atoms with Crippen LogP contribution in [0.2, 0.25) is 0 Å². The predicted molar refractivity (Wildman–Crippen MR) is 243 cm³/mol. The third-order valence-electron chi connectivity index (χ3n) is 8.89. The largest absolute Gasteiger partial charge is 0.214 e. The van der Waals surface area contributed by atoms with Gasteiger partial charge < -0.3 is 0 Å². The average Bonchev–Trinajstić information content (AvgIpc) is 3.93. The summed E-state index contributed by atoms with van der Waals surface area (Å²) in [6, 6.07) is 85.1. The SMILES string of the molecule is [Ru+]=[C]=C=C(c1ccccc1)C1CC1.c1cc[cH-]c1.c1ccc(P(c2ccccc2)c2ccccc2)cc1.c1ccc(P(c2ccccc2)c2ccccc2)cc1. The van der Waals surface area contributed by atoms with Crippen molar-refractivity contribution >= 4 is 57.5 Å². The molecule has 0 unspecified atom stereocenters. The second-order valence-corrected chi connectivity index (χ2v) is 17.8. The Morgan fingerprint density at radius 3 is 0.875 bits per heavy atom. The standard InChI is InChI=1S/2C18H15P.C12H10.C5H5.Ru/c2*1-4-10-16(11-5-1)19(17-12-6-2-7-13-17)18-14-8-3-9-15-18;1-2-12(11-8-9-11)10-6-4-3-5-7-10;1-2-4-5-3-1;/h2*1-15H;3-7,11H,8-9H2;1-5H;/q;;;-1;+1. The minimum atomic E-state index is -0.446. The van der Waals surface area contributed by atoms with E-state index < -0.39 is 15.8 Å². The van der Waals surface area contributed by atoms with Crippen LogP contribution in [0, 0.1) is 5.92 Å². The molecule has 1 aliphatic carbocycles. The van der Waals surface area contributed by atoms with Crippen LogP contribution in [-0.4, -0.2) is 4.26 Å². The van der Waals surface area contributed by atoms with E-state index in [0.717, 1.165) is 5.92 Å². The first kappa shape index (κ1) is 40.5. The summed E-state index contributed by atoms with van der Waals surface area (Å²) >= 11 is 2.38. The molecule has 1 aliphatic rings. The van der Waals surface area contributed by atoms with Crippen molar-refractivity contribution in [2.75, 3.05) is 0 Å². The number of hydrogen-bond donors (Lipinski definition) is 0. The fraction of sp³-hybridized carbons (Fsp3) is 0.0566. The molecule has 1 saturated carbocycles. The monoisotopic (exact) mass is 845 g/mol. The molecule has 56 heavy (non-hydrogen) atoms. The minimum Gasteiger partial charge on any atom is -0.214 e. The first-order valence-electron chi connectivity index (χ1n) is 18.9. The van der Waals surface area contributed by atoms with Gasteiger partial charge in [0, 0.05) is 0 Å². The summed E-state index contributed by atoms with van der Waals surface area (Å²) < 4.78 is 2.93. The van der Waals surface area contributed by atoms with Crippen LogP contribution in [0.1, 0.15) is 18.4 Å². The Balaban J connectivity index is 0.000000136. The Morgan fingerprint density at radius 1 is 0.393 bits per heavy atom. The average molecular weight is 845 g/mol. The quantitative estimate of drug-likeness (QED) is 0.0619. The van der Waals surface area contributed by atoms with E-state index in [4.69, 9.17) is 0 Å². The number of rotatable bonds is 8. The van der Waals surface area contributed by atoms with Gasteiger partial charge in [0.25, 0.3) is 0 Å². The molecule has 275 valence electrons. The van der Waals surface area contributed by atoms with Gasteiger partial charge in [0.15, 0.2) is 0 Å². The number of benzene rings is 7. The van der Waals surface area contributed by atoms with Gasteiger partial charge in [-0.05, 0) is 47.7 Å². The Kier molecular flexibility index (Phi) is 16.6. The van der Waals surface area contributed by atoms with Crippen molar-refractivity contribution in [1.82, 2.24) is 0 Å². The predicted octanol–water partition coefficient (Wildman–Crippen LogP) is 10.9. The zero-order chi connectivity index (χ0) is 38.5. The van der Waals surface area contributed by atoms with Crippen molar-refractivity contribution in [2.24, 2.45) is 5.92 Å². The molecule has 1 fully saturated rings. The van der Waals surface area contributed by atoms with Gasteiger partial charge in [-0.2, -0.15) is 18.2 Å². The molecule has 0 N–H and O–H groups in total. The van der Waals surface area contributed by atoms with Crippen LogP contribution in [0.15, 0.2) is 248 Å². The van der Waals surface area contributed by atoms with Crippen molar-refractivity contribution < 1.29 is 17.9 Å². The number of hydrogen-bond acceptors (Lipinski definition) is 0. The van der Waals surface area contributed by atoms with Gasteiger partial charge in [-0.3, -0.25) is 0 Å². The summed E-state index contributed by atoms with van der Waals surface area (Å²) in [6.07, 6.45) is 2.62. The van der Waals surface area contributed by atoms with Crippen molar-refractivity contribution in [1.29, 1.82) is 0 Å². The molecular weight excluding hydrogens is 800 g/mol. The van der Waals surface area contributed by atoms with Crippen LogP contribution in [0.25, 0.3) is 5.57 Å². The molecule has 0 radical (unpaired) electrons. The van der Waals surface area contributed by atoms with Crippen LogP contribution in [-0.2, 0) is 17.9 Å². The normalized spacial score (nSPS) is 11.2. The van der Waals surface area contributed by atoms with Crippen LogP contribution < -0.4 is 31.8 Å². The molecule has 9 rings (SSSR count). The Morgan fingerprint density at radius 2 is 0.661 bits per heavy atom. The Bertz CT molecular complexity index is 1990. The van der Waals surface area contributed by atoms with Gasteiger partial charge in [0.1, 0.15) is 0 Å². The van der Waals surface area contributed by atoms with E-state index in [0.29, 0.717) is 0 Å². The van der Waals surface area contributed by atoms with E-state index in [9.17, 15) is 0 Å². The van der Waals surface area contributed by atoms with E-state index in [1.807, 2.05) is 36.4 Å². The maximum atomic E-state index is 3.20. The van der Waals surface area contributed by atoms with Crippen molar-refractivity contribution in [3.05, 3.63) is 254 Å². The van der Waals surface area contributed by atoms with Gasteiger partial charge in [-0.1, -0.05) is 182 Å². The molecule has 0 aliphatic heterocycles. The summed E-state index contributed by atoms with van der Waals surface area (Å²) in [6.45, 7) is 0. The maximum absolute atomic E-state index is 3.20. The molecule has 0 spiro atoms. The van der Waals surface area contributed by atoms with Gasteiger partial charge >= 0.3 is 88.1 Å². The van der Waals surface area contributed by atoms with E-state index in [1.54, 1.807) is 0 Å². The Hall–Kier alpha value is -5.20. The molecule has 0 aromatic heterocycles. The summed E-state index contributed by atoms with van der Waals surface area (Å²) in [4.78, 5) is 0. The van der Waals surface area contributed by atoms with Crippen LogP contribution in [0.4, 0.5) is 0 Å². The zero-order valence-electron chi connectivity index (χ0n) is 31.3. The molecule has 0 heterocycles. The second-order valence-electron chi connectivity index (χ2n) is 12.9. The third kappa shape index (κ3) is 12.7. The van der Waals surface area contributed by atoms with Crippen LogP contribution >= 0.6 is 15.8 Å². The summed E-state index contributed by atoms with van der Waals surface area (Å²) in [5.74, 6) is 0.734. The maximum Gasteiger partial charge on any atom is -0.0134 e. The molecule has 0 amide bonds. The zero-order valence-corrected chi connectivity index (χ0v) is 34.9. The van der Waals surface area contributed by atoms with Gasteiger partial charge in [-0.15, -0.1) is 0 Å². The fourth-order valence-corrected chi connectivity index (χ4v) is 11.0. The van der Waals surface area contributed by atoms with Gasteiger partial charge in [0.05, 0.1) is 0 Å². The van der Waals surface area contributed by atoms with Crippen LogP contribution in [0.3, 0.4) is 0 Å². The first-order valence-corrected chi connectivity index (χ1v) is 22.5. The molecule has 0 saturated heterocycles. The summed E-state index contributed by atoms with van der Waals surface area (Å²) in [5, 5.41) is 8.39. The van der Waals surface area contributed by atoms with E-state index in [1.165, 1.54) is 55.8 Å². The smallest absolute Gasteiger partial charge is 0.0134 e. The molecule has 8 aromatic rings.